The minimum absolute atomic E-state index is 0.101. The molecule has 1 aromatic carbocycles. The van der Waals surface area contributed by atoms with Crippen molar-refractivity contribution in [3.8, 4) is 0 Å². The van der Waals surface area contributed by atoms with E-state index in [2.05, 4.69) is 17.4 Å². The number of hydrogen-bond acceptors (Lipinski definition) is 2. The molecule has 1 saturated carbocycles. The number of primary amides is 1. The number of rotatable bonds is 6. The monoisotopic (exact) mass is 266 g/mol. The van der Waals surface area contributed by atoms with E-state index >= 15 is 0 Å². The van der Waals surface area contributed by atoms with Crippen molar-refractivity contribution in [3.05, 3.63) is 34.9 Å². The van der Waals surface area contributed by atoms with E-state index in [9.17, 15) is 4.79 Å². The standard InChI is InChI=1S/C14H19ClN2O/c1-9(8-13(16)18)17-14(10-2-3-10)11-4-6-12(15)7-5-11/h4-7,9-10,14,17H,2-3,8H2,1H3,(H2,16,18). The van der Waals surface area contributed by atoms with Gasteiger partial charge in [0.05, 0.1) is 0 Å². The highest BCUT2D eigenvalue weighted by atomic mass is 35.5. The Bertz CT molecular complexity index is 414. The van der Waals surface area contributed by atoms with Crippen LogP contribution in [0.1, 0.15) is 37.8 Å². The molecule has 0 bridgehead atoms. The van der Waals surface area contributed by atoms with Crippen molar-refractivity contribution in [2.24, 2.45) is 11.7 Å². The van der Waals surface area contributed by atoms with Crippen molar-refractivity contribution in [1.82, 2.24) is 5.32 Å². The number of halogens is 1. The molecule has 0 aliphatic heterocycles. The highest BCUT2D eigenvalue weighted by Crippen LogP contribution is 2.41. The van der Waals surface area contributed by atoms with Crippen LogP contribution in [0, 0.1) is 5.92 Å². The molecular weight excluding hydrogens is 248 g/mol. The minimum atomic E-state index is -0.263. The number of nitrogens with two attached hydrogens (primary N) is 1. The predicted molar refractivity (Wildman–Crippen MR) is 73.3 cm³/mol. The summed E-state index contributed by atoms with van der Waals surface area (Å²) in [5.74, 6) is 0.405. The smallest absolute Gasteiger partial charge is 0.218 e. The van der Waals surface area contributed by atoms with Gasteiger partial charge in [0.15, 0.2) is 0 Å². The predicted octanol–water partition coefficient (Wildman–Crippen LogP) is 2.64. The number of hydrogen-bond donors (Lipinski definition) is 2. The van der Waals surface area contributed by atoms with Gasteiger partial charge >= 0.3 is 0 Å². The Balaban J connectivity index is 2.04. The molecule has 3 N–H and O–H groups in total. The molecule has 3 nitrogen and oxygen atoms in total. The van der Waals surface area contributed by atoms with Crippen LogP contribution in [0.5, 0.6) is 0 Å². The Morgan fingerprint density at radius 1 is 1.44 bits per heavy atom. The summed E-state index contributed by atoms with van der Waals surface area (Å²) in [5.41, 5.74) is 6.46. The Kier molecular flexibility index (Phi) is 4.25. The van der Waals surface area contributed by atoms with Gasteiger partial charge in [0.25, 0.3) is 0 Å². The van der Waals surface area contributed by atoms with E-state index in [-0.39, 0.29) is 11.9 Å². The lowest BCUT2D eigenvalue weighted by Crippen LogP contribution is -2.35. The first-order chi connectivity index (χ1) is 8.56. The fraction of sp³-hybridized carbons (Fsp3) is 0.500. The average Bonchev–Trinajstić information content (AvgIpc) is 3.10. The summed E-state index contributed by atoms with van der Waals surface area (Å²) in [7, 11) is 0. The van der Waals surface area contributed by atoms with Crippen LogP contribution in [0.15, 0.2) is 24.3 Å². The zero-order chi connectivity index (χ0) is 13.1. The largest absolute Gasteiger partial charge is 0.370 e. The summed E-state index contributed by atoms with van der Waals surface area (Å²) in [6.45, 7) is 2.00. The van der Waals surface area contributed by atoms with Crippen molar-refractivity contribution in [1.29, 1.82) is 0 Å². The maximum atomic E-state index is 10.9. The lowest BCUT2D eigenvalue weighted by Gasteiger charge is -2.23. The number of carbonyl (C=O) groups excluding carboxylic acids is 1. The third-order valence-corrected chi connectivity index (χ3v) is 3.55. The molecule has 0 heterocycles. The second-order valence-electron chi connectivity index (χ2n) is 5.10. The molecule has 0 saturated heterocycles. The van der Waals surface area contributed by atoms with Crippen LogP contribution in [-0.2, 0) is 4.79 Å². The molecule has 1 aromatic rings. The topological polar surface area (TPSA) is 55.1 Å². The van der Waals surface area contributed by atoms with Gasteiger partial charge in [-0.05, 0) is 43.4 Å². The fourth-order valence-corrected chi connectivity index (χ4v) is 2.40. The minimum Gasteiger partial charge on any atom is -0.370 e. The van der Waals surface area contributed by atoms with Gasteiger partial charge in [-0.1, -0.05) is 23.7 Å². The molecule has 0 aromatic heterocycles. The van der Waals surface area contributed by atoms with Crippen LogP contribution >= 0.6 is 11.6 Å². The van der Waals surface area contributed by atoms with E-state index < -0.39 is 0 Å². The van der Waals surface area contributed by atoms with Crippen LogP contribution in [-0.4, -0.2) is 11.9 Å². The molecule has 1 fully saturated rings. The summed E-state index contributed by atoms with van der Waals surface area (Å²) >= 11 is 5.90. The van der Waals surface area contributed by atoms with E-state index in [1.165, 1.54) is 18.4 Å². The van der Waals surface area contributed by atoms with Crippen LogP contribution in [0.3, 0.4) is 0 Å². The molecular formula is C14H19ClN2O. The first kappa shape index (κ1) is 13.4. The molecule has 2 rings (SSSR count). The first-order valence-electron chi connectivity index (χ1n) is 6.36. The Morgan fingerprint density at radius 3 is 2.56 bits per heavy atom. The molecule has 1 amide bonds. The van der Waals surface area contributed by atoms with Crippen molar-refractivity contribution in [3.63, 3.8) is 0 Å². The van der Waals surface area contributed by atoms with E-state index in [4.69, 9.17) is 17.3 Å². The maximum Gasteiger partial charge on any atom is 0.218 e. The van der Waals surface area contributed by atoms with E-state index in [1.807, 2.05) is 19.1 Å². The van der Waals surface area contributed by atoms with Crippen LogP contribution in [0.2, 0.25) is 5.02 Å². The van der Waals surface area contributed by atoms with E-state index in [0.717, 1.165) is 5.02 Å². The van der Waals surface area contributed by atoms with Crippen molar-refractivity contribution in [2.45, 2.75) is 38.3 Å². The Hall–Kier alpha value is -1.06. The summed E-state index contributed by atoms with van der Waals surface area (Å²) < 4.78 is 0. The molecule has 98 valence electrons. The molecule has 1 aliphatic carbocycles. The Labute approximate surface area is 113 Å². The summed E-state index contributed by atoms with van der Waals surface area (Å²) in [6.07, 6.45) is 2.85. The molecule has 1 aliphatic rings. The van der Waals surface area contributed by atoms with Crippen LogP contribution in [0.25, 0.3) is 0 Å². The van der Waals surface area contributed by atoms with Gasteiger partial charge in [0.1, 0.15) is 0 Å². The molecule has 2 atom stereocenters. The number of amides is 1. The third kappa shape index (κ3) is 3.72. The van der Waals surface area contributed by atoms with Crippen molar-refractivity contribution >= 4 is 17.5 Å². The van der Waals surface area contributed by atoms with E-state index in [1.54, 1.807) is 0 Å². The lowest BCUT2D eigenvalue weighted by molar-refractivity contribution is -0.118. The number of nitrogens with one attached hydrogen (secondary N) is 1. The highest BCUT2D eigenvalue weighted by Gasteiger charge is 2.33. The van der Waals surface area contributed by atoms with Crippen molar-refractivity contribution < 1.29 is 4.79 Å². The second kappa shape index (κ2) is 5.72. The van der Waals surface area contributed by atoms with Crippen molar-refractivity contribution in [2.75, 3.05) is 0 Å². The van der Waals surface area contributed by atoms with Gasteiger partial charge in [-0.2, -0.15) is 0 Å². The quantitative estimate of drug-likeness (QED) is 0.832. The molecule has 0 radical (unpaired) electrons. The zero-order valence-corrected chi connectivity index (χ0v) is 11.3. The van der Waals surface area contributed by atoms with Gasteiger partial charge < -0.3 is 11.1 Å². The number of benzene rings is 1. The third-order valence-electron chi connectivity index (χ3n) is 3.29. The first-order valence-corrected chi connectivity index (χ1v) is 6.74. The maximum absolute atomic E-state index is 10.9. The van der Waals surface area contributed by atoms with E-state index in [0.29, 0.717) is 18.4 Å². The lowest BCUT2D eigenvalue weighted by atomic mass is 10.0. The second-order valence-corrected chi connectivity index (χ2v) is 5.54. The summed E-state index contributed by atoms with van der Waals surface area (Å²) in [6, 6.07) is 8.32. The van der Waals surface area contributed by atoms with Gasteiger partial charge in [0, 0.05) is 23.5 Å². The molecule has 2 unspecified atom stereocenters. The Morgan fingerprint density at radius 2 is 2.06 bits per heavy atom. The van der Waals surface area contributed by atoms with Gasteiger partial charge in [-0.3, -0.25) is 4.79 Å². The zero-order valence-electron chi connectivity index (χ0n) is 10.5. The summed E-state index contributed by atoms with van der Waals surface area (Å²) in [4.78, 5) is 10.9. The molecule has 4 heteroatoms. The van der Waals surface area contributed by atoms with Gasteiger partial charge in [-0.15, -0.1) is 0 Å². The SMILES string of the molecule is CC(CC(N)=O)NC(c1ccc(Cl)cc1)C1CC1. The van der Waals surface area contributed by atoms with Gasteiger partial charge in [0.2, 0.25) is 5.91 Å². The fourth-order valence-electron chi connectivity index (χ4n) is 2.27. The highest BCUT2D eigenvalue weighted by molar-refractivity contribution is 6.30. The van der Waals surface area contributed by atoms with Gasteiger partial charge in [-0.25, -0.2) is 0 Å². The number of carbonyl (C=O) groups is 1. The molecule has 0 spiro atoms. The average molecular weight is 267 g/mol. The van der Waals surface area contributed by atoms with Crippen LogP contribution in [0.4, 0.5) is 0 Å². The van der Waals surface area contributed by atoms with Crippen LogP contribution < -0.4 is 11.1 Å². The molecule has 18 heavy (non-hydrogen) atoms. The normalized spacial score (nSPS) is 18.3. The summed E-state index contributed by atoms with van der Waals surface area (Å²) in [5, 5.41) is 4.25.